The summed E-state index contributed by atoms with van der Waals surface area (Å²) in [4.78, 5) is 11.9. The van der Waals surface area contributed by atoms with Crippen molar-refractivity contribution in [2.24, 2.45) is 0 Å². The third-order valence-electron chi connectivity index (χ3n) is 3.28. The van der Waals surface area contributed by atoms with Gasteiger partial charge < -0.3 is 10.6 Å². The normalized spacial score (nSPS) is 10.4. The Morgan fingerprint density at radius 1 is 1.18 bits per heavy atom. The summed E-state index contributed by atoms with van der Waals surface area (Å²) in [6, 6.07) is 9.68. The van der Waals surface area contributed by atoms with Crippen LogP contribution in [-0.4, -0.2) is 12.6 Å². The molecule has 2 rings (SSSR count). The summed E-state index contributed by atoms with van der Waals surface area (Å²) < 4.78 is 12.8. The molecule has 2 amide bonds. The molecule has 0 bridgehead atoms. The predicted molar refractivity (Wildman–Crippen MR) is 88.1 cm³/mol. The second-order valence-electron chi connectivity index (χ2n) is 5.20. The van der Waals surface area contributed by atoms with Crippen LogP contribution in [0, 0.1) is 19.7 Å². The molecular weight excluding hydrogens is 303 g/mol. The van der Waals surface area contributed by atoms with E-state index in [0.29, 0.717) is 23.7 Å². The lowest BCUT2D eigenvalue weighted by Crippen LogP contribution is -2.30. The van der Waals surface area contributed by atoms with Crippen molar-refractivity contribution in [1.82, 2.24) is 5.32 Å². The quantitative estimate of drug-likeness (QED) is 0.858. The van der Waals surface area contributed by atoms with E-state index in [4.69, 9.17) is 11.6 Å². The van der Waals surface area contributed by atoms with Gasteiger partial charge in [-0.2, -0.15) is 0 Å². The average molecular weight is 321 g/mol. The van der Waals surface area contributed by atoms with Gasteiger partial charge in [0, 0.05) is 6.54 Å². The lowest BCUT2D eigenvalue weighted by atomic mass is 10.1. The second kappa shape index (κ2) is 7.27. The molecule has 0 fully saturated rings. The fourth-order valence-corrected chi connectivity index (χ4v) is 2.57. The van der Waals surface area contributed by atoms with E-state index in [1.807, 2.05) is 26.0 Å². The zero-order valence-electron chi connectivity index (χ0n) is 12.5. The standard InChI is InChI=1S/C17H18ClFN2O/c1-11-9-12(2)16(15(18)10-11)21-17(22)20-8-7-13-3-5-14(19)6-4-13/h3-6,9-10H,7-8H2,1-2H3,(H2,20,21,22). The molecule has 22 heavy (non-hydrogen) atoms. The lowest BCUT2D eigenvalue weighted by Gasteiger charge is -2.12. The summed E-state index contributed by atoms with van der Waals surface area (Å²) in [5.74, 6) is -0.265. The fraction of sp³-hybridized carbons (Fsp3) is 0.235. The first-order chi connectivity index (χ1) is 10.5. The number of halogens is 2. The highest BCUT2D eigenvalue weighted by Crippen LogP contribution is 2.27. The molecule has 0 heterocycles. The van der Waals surface area contributed by atoms with E-state index in [1.165, 1.54) is 12.1 Å². The van der Waals surface area contributed by atoms with Crippen LogP contribution in [0.2, 0.25) is 5.02 Å². The molecule has 3 nitrogen and oxygen atoms in total. The van der Waals surface area contributed by atoms with Gasteiger partial charge in [-0.15, -0.1) is 0 Å². The topological polar surface area (TPSA) is 41.1 Å². The third kappa shape index (κ3) is 4.46. The van der Waals surface area contributed by atoms with Crippen molar-refractivity contribution >= 4 is 23.3 Å². The van der Waals surface area contributed by atoms with Crippen LogP contribution in [0.15, 0.2) is 36.4 Å². The van der Waals surface area contributed by atoms with E-state index in [1.54, 1.807) is 12.1 Å². The van der Waals surface area contributed by atoms with E-state index in [0.717, 1.165) is 16.7 Å². The zero-order valence-corrected chi connectivity index (χ0v) is 13.3. The van der Waals surface area contributed by atoms with Crippen LogP contribution in [0.25, 0.3) is 0 Å². The summed E-state index contributed by atoms with van der Waals surface area (Å²) in [5, 5.41) is 6.04. The molecule has 0 aliphatic carbocycles. The van der Waals surface area contributed by atoms with Gasteiger partial charge in [-0.25, -0.2) is 9.18 Å². The molecule has 2 N–H and O–H groups in total. The Morgan fingerprint density at radius 3 is 2.50 bits per heavy atom. The maximum absolute atomic E-state index is 12.8. The van der Waals surface area contributed by atoms with Crippen molar-refractivity contribution in [2.75, 3.05) is 11.9 Å². The molecule has 116 valence electrons. The van der Waals surface area contributed by atoms with Gasteiger partial charge in [0.05, 0.1) is 10.7 Å². The van der Waals surface area contributed by atoms with Crippen LogP contribution >= 0.6 is 11.6 Å². The van der Waals surface area contributed by atoms with Gasteiger partial charge in [0.25, 0.3) is 0 Å². The number of nitrogens with one attached hydrogen (secondary N) is 2. The summed E-state index contributed by atoms with van der Waals surface area (Å²) in [5.41, 5.74) is 3.54. The molecule has 0 aliphatic rings. The van der Waals surface area contributed by atoms with Gasteiger partial charge >= 0.3 is 6.03 Å². The molecule has 2 aromatic carbocycles. The Labute approximate surface area is 134 Å². The van der Waals surface area contributed by atoms with Crippen molar-refractivity contribution in [3.8, 4) is 0 Å². The van der Waals surface area contributed by atoms with Crippen molar-refractivity contribution in [3.05, 3.63) is 63.9 Å². The molecule has 2 aromatic rings. The molecule has 0 aromatic heterocycles. The van der Waals surface area contributed by atoms with E-state index in [-0.39, 0.29) is 11.8 Å². The van der Waals surface area contributed by atoms with Gasteiger partial charge in [0.15, 0.2) is 0 Å². The van der Waals surface area contributed by atoms with Crippen molar-refractivity contribution < 1.29 is 9.18 Å². The smallest absolute Gasteiger partial charge is 0.319 e. The minimum atomic E-state index is -0.309. The molecule has 0 saturated carbocycles. The van der Waals surface area contributed by atoms with Crippen molar-refractivity contribution in [1.29, 1.82) is 0 Å². The molecule has 0 unspecified atom stereocenters. The van der Waals surface area contributed by atoms with Crippen LogP contribution < -0.4 is 10.6 Å². The van der Waals surface area contributed by atoms with E-state index < -0.39 is 0 Å². The number of aryl methyl sites for hydroxylation is 2. The Morgan fingerprint density at radius 2 is 1.86 bits per heavy atom. The maximum Gasteiger partial charge on any atom is 0.319 e. The first-order valence-electron chi connectivity index (χ1n) is 7.02. The molecule has 0 radical (unpaired) electrons. The molecular formula is C17H18ClFN2O. The highest BCUT2D eigenvalue weighted by molar-refractivity contribution is 6.34. The molecule has 0 aliphatic heterocycles. The Bertz CT molecular complexity index is 648. The molecule has 0 spiro atoms. The van der Waals surface area contributed by atoms with Crippen LogP contribution in [0.1, 0.15) is 16.7 Å². The highest BCUT2D eigenvalue weighted by atomic mass is 35.5. The van der Waals surface area contributed by atoms with Gasteiger partial charge in [-0.1, -0.05) is 29.8 Å². The lowest BCUT2D eigenvalue weighted by molar-refractivity contribution is 0.252. The van der Waals surface area contributed by atoms with Crippen LogP contribution in [0.3, 0.4) is 0 Å². The third-order valence-corrected chi connectivity index (χ3v) is 3.58. The van der Waals surface area contributed by atoms with Crippen LogP contribution in [-0.2, 0) is 6.42 Å². The number of carbonyl (C=O) groups is 1. The molecule has 5 heteroatoms. The number of hydrogen-bond donors (Lipinski definition) is 2. The summed E-state index contributed by atoms with van der Waals surface area (Å²) in [6.07, 6.45) is 0.633. The number of urea groups is 1. The second-order valence-corrected chi connectivity index (χ2v) is 5.60. The zero-order chi connectivity index (χ0) is 16.1. The number of carbonyl (C=O) groups excluding carboxylic acids is 1. The highest BCUT2D eigenvalue weighted by Gasteiger charge is 2.09. The minimum absolute atomic E-state index is 0.265. The van der Waals surface area contributed by atoms with Crippen LogP contribution in [0.5, 0.6) is 0 Å². The van der Waals surface area contributed by atoms with Gasteiger partial charge in [0.2, 0.25) is 0 Å². The number of amides is 2. The maximum atomic E-state index is 12.8. The van der Waals surface area contributed by atoms with Gasteiger partial charge in [0.1, 0.15) is 5.82 Å². The largest absolute Gasteiger partial charge is 0.338 e. The predicted octanol–water partition coefficient (Wildman–Crippen LogP) is 4.46. The monoisotopic (exact) mass is 320 g/mol. The van der Waals surface area contributed by atoms with Crippen LogP contribution in [0.4, 0.5) is 14.9 Å². The number of anilines is 1. The fourth-order valence-electron chi connectivity index (χ4n) is 2.20. The summed E-state index contributed by atoms with van der Waals surface area (Å²) in [7, 11) is 0. The first kappa shape index (κ1) is 16.3. The number of rotatable bonds is 4. The van der Waals surface area contributed by atoms with Gasteiger partial charge in [-0.05, 0) is 55.2 Å². The van der Waals surface area contributed by atoms with Crippen molar-refractivity contribution in [3.63, 3.8) is 0 Å². The SMILES string of the molecule is Cc1cc(C)c(NC(=O)NCCc2ccc(F)cc2)c(Cl)c1. The Hall–Kier alpha value is -2.07. The average Bonchev–Trinajstić information content (AvgIpc) is 2.45. The van der Waals surface area contributed by atoms with Crippen molar-refractivity contribution in [2.45, 2.75) is 20.3 Å². The number of benzene rings is 2. The molecule has 0 saturated heterocycles. The Kier molecular flexibility index (Phi) is 5.39. The first-order valence-corrected chi connectivity index (χ1v) is 7.39. The minimum Gasteiger partial charge on any atom is -0.338 e. The van der Waals surface area contributed by atoms with E-state index in [2.05, 4.69) is 10.6 Å². The summed E-state index contributed by atoms with van der Waals surface area (Å²) >= 11 is 6.15. The number of hydrogen-bond acceptors (Lipinski definition) is 1. The molecule has 0 atom stereocenters. The Balaban J connectivity index is 1.87. The van der Waals surface area contributed by atoms with E-state index in [9.17, 15) is 9.18 Å². The van der Waals surface area contributed by atoms with E-state index >= 15 is 0 Å². The van der Waals surface area contributed by atoms with Gasteiger partial charge in [-0.3, -0.25) is 0 Å². The summed E-state index contributed by atoms with van der Waals surface area (Å²) in [6.45, 7) is 4.30.